The highest BCUT2D eigenvalue weighted by atomic mass is 79.9. The van der Waals surface area contributed by atoms with Gasteiger partial charge in [0.1, 0.15) is 0 Å². The highest BCUT2D eigenvalue weighted by Gasteiger charge is 2.29. The van der Waals surface area contributed by atoms with Crippen LogP contribution in [-0.4, -0.2) is 13.1 Å². The van der Waals surface area contributed by atoms with E-state index in [1.54, 1.807) is 0 Å². The molecule has 0 saturated carbocycles. The van der Waals surface area contributed by atoms with E-state index in [0.717, 1.165) is 18.1 Å². The lowest BCUT2D eigenvalue weighted by Crippen LogP contribution is -2.33. The molecule has 1 aromatic carbocycles. The maximum Gasteiger partial charge on any atom is 0.0441 e. The number of halogens is 2. The van der Waals surface area contributed by atoms with E-state index in [1.165, 1.54) is 21.3 Å². The first kappa shape index (κ1) is 13.6. The summed E-state index contributed by atoms with van der Waals surface area (Å²) in [7, 11) is 0. The summed E-state index contributed by atoms with van der Waals surface area (Å²) in [5.74, 6) is 1.03. The largest absolute Gasteiger partial charge is 0.316 e. The lowest BCUT2D eigenvalue weighted by molar-refractivity contribution is 0.408. The van der Waals surface area contributed by atoms with E-state index in [4.69, 9.17) is 11.6 Å². The molecule has 1 aromatic heterocycles. The minimum Gasteiger partial charge on any atom is -0.316 e. The molecule has 1 fully saturated rings. The average Bonchev–Trinajstić information content (AvgIpc) is 2.86. The third-order valence-electron chi connectivity index (χ3n) is 3.74. The fraction of sp³-hybridized carbons (Fsp3) is 0.333. The Morgan fingerprint density at radius 1 is 1.26 bits per heavy atom. The van der Waals surface area contributed by atoms with Crippen LogP contribution in [0.5, 0.6) is 0 Å². The van der Waals surface area contributed by atoms with Gasteiger partial charge in [-0.25, -0.2) is 0 Å². The molecule has 0 amide bonds. The molecular weight excluding hydrogens is 342 g/mol. The summed E-state index contributed by atoms with van der Waals surface area (Å²) in [6, 6.07) is 10.5. The van der Waals surface area contributed by atoms with Crippen molar-refractivity contribution in [2.75, 3.05) is 13.1 Å². The summed E-state index contributed by atoms with van der Waals surface area (Å²) >= 11 is 11.8. The molecule has 1 aliphatic rings. The van der Waals surface area contributed by atoms with Crippen LogP contribution in [0.15, 0.2) is 40.2 Å². The van der Waals surface area contributed by atoms with Crippen molar-refractivity contribution in [3.05, 3.63) is 55.6 Å². The van der Waals surface area contributed by atoms with E-state index in [9.17, 15) is 0 Å². The van der Waals surface area contributed by atoms with E-state index in [2.05, 4.69) is 44.8 Å². The molecule has 3 rings (SSSR count). The summed E-state index contributed by atoms with van der Waals surface area (Å²) in [5, 5.41) is 6.55. The van der Waals surface area contributed by atoms with Gasteiger partial charge in [-0.05, 0) is 46.6 Å². The fourth-order valence-electron chi connectivity index (χ4n) is 2.82. The average molecular weight is 357 g/mol. The van der Waals surface area contributed by atoms with E-state index in [1.807, 2.05) is 23.5 Å². The predicted molar refractivity (Wildman–Crippen MR) is 86.4 cm³/mol. The second-order valence-electron chi connectivity index (χ2n) is 4.89. The van der Waals surface area contributed by atoms with E-state index >= 15 is 0 Å². The van der Waals surface area contributed by atoms with Crippen LogP contribution in [0.3, 0.4) is 0 Å². The lowest BCUT2D eigenvalue weighted by atomic mass is 9.80. The number of rotatable bonds is 2. The zero-order chi connectivity index (χ0) is 13.2. The first-order valence-electron chi connectivity index (χ1n) is 6.45. The summed E-state index contributed by atoms with van der Waals surface area (Å²) < 4.78 is 1.18. The number of piperidine rings is 1. The van der Waals surface area contributed by atoms with Gasteiger partial charge in [-0.1, -0.05) is 29.8 Å². The Bertz CT molecular complexity index is 569. The molecule has 1 N–H and O–H groups in total. The number of thiophene rings is 1. The van der Waals surface area contributed by atoms with Crippen molar-refractivity contribution in [2.45, 2.75) is 18.3 Å². The van der Waals surface area contributed by atoms with E-state index < -0.39 is 0 Å². The Balaban J connectivity index is 1.96. The molecule has 4 heteroatoms. The molecule has 2 atom stereocenters. The quantitative estimate of drug-likeness (QED) is 0.796. The normalized spacial score (nSPS) is 23.5. The Labute approximate surface area is 131 Å². The standard InChI is InChI=1S/C15H15BrClNS/c16-10-7-15(19-9-10)12-5-6-18-8-13(12)11-3-1-2-4-14(11)17/h1-4,7,9,12-13,18H,5-6,8H2. The lowest BCUT2D eigenvalue weighted by Gasteiger charge is -2.32. The molecule has 0 radical (unpaired) electrons. The third-order valence-corrected chi connectivity index (χ3v) is 5.91. The second-order valence-corrected chi connectivity index (χ2v) is 7.16. The molecule has 2 unspecified atom stereocenters. The van der Waals surface area contributed by atoms with Crippen LogP contribution in [0.2, 0.25) is 5.02 Å². The molecule has 1 saturated heterocycles. The minimum absolute atomic E-state index is 0.466. The molecule has 1 aliphatic heterocycles. The minimum atomic E-state index is 0.466. The van der Waals surface area contributed by atoms with Crippen LogP contribution in [-0.2, 0) is 0 Å². The van der Waals surface area contributed by atoms with Gasteiger partial charge >= 0.3 is 0 Å². The SMILES string of the molecule is Clc1ccccc1C1CNCCC1c1cc(Br)cs1. The summed E-state index contributed by atoms with van der Waals surface area (Å²) in [6.45, 7) is 2.09. The summed E-state index contributed by atoms with van der Waals surface area (Å²) in [6.07, 6.45) is 1.17. The topological polar surface area (TPSA) is 12.0 Å². The third kappa shape index (κ3) is 2.89. The van der Waals surface area contributed by atoms with Gasteiger partial charge in [-0.3, -0.25) is 0 Å². The highest BCUT2D eigenvalue weighted by Crippen LogP contribution is 2.42. The Morgan fingerprint density at radius 3 is 2.84 bits per heavy atom. The van der Waals surface area contributed by atoms with Gasteiger partial charge < -0.3 is 5.32 Å². The molecule has 0 aliphatic carbocycles. The van der Waals surface area contributed by atoms with Crippen molar-refractivity contribution >= 4 is 38.9 Å². The van der Waals surface area contributed by atoms with Crippen LogP contribution in [0.1, 0.15) is 28.7 Å². The predicted octanol–water partition coefficient (Wildman–Crippen LogP) is 5.02. The van der Waals surface area contributed by atoms with Crippen LogP contribution in [0.25, 0.3) is 0 Å². The molecule has 0 spiro atoms. The molecule has 2 heterocycles. The molecular formula is C15H15BrClNS. The smallest absolute Gasteiger partial charge is 0.0441 e. The van der Waals surface area contributed by atoms with Crippen molar-refractivity contribution in [3.63, 3.8) is 0 Å². The molecule has 2 aromatic rings. The van der Waals surface area contributed by atoms with Crippen LogP contribution in [0, 0.1) is 0 Å². The number of nitrogens with one attached hydrogen (secondary N) is 1. The van der Waals surface area contributed by atoms with Crippen LogP contribution < -0.4 is 5.32 Å². The molecule has 0 bridgehead atoms. The maximum atomic E-state index is 6.38. The van der Waals surface area contributed by atoms with Crippen molar-refractivity contribution in [1.29, 1.82) is 0 Å². The maximum absolute atomic E-state index is 6.38. The van der Waals surface area contributed by atoms with Crippen molar-refractivity contribution < 1.29 is 0 Å². The molecule has 100 valence electrons. The first-order chi connectivity index (χ1) is 9.25. The van der Waals surface area contributed by atoms with Crippen LogP contribution >= 0.6 is 38.9 Å². The van der Waals surface area contributed by atoms with Crippen molar-refractivity contribution in [3.8, 4) is 0 Å². The van der Waals surface area contributed by atoms with Crippen LogP contribution in [0.4, 0.5) is 0 Å². The highest BCUT2D eigenvalue weighted by molar-refractivity contribution is 9.10. The number of hydrogen-bond acceptors (Lipinski definition) is 2. The van der Waals surface area contributed by atoms with Gasteiger partial charge in [0.15, 0.2) is 0 Å². The Kier molecular flexibility index (Phi) is 4.27. The molecule has 1 nitrogen and oxygen atoms in total. The zero-order valence-electron chi connectivity index (χ0n) is 10.4. The van der Waals surface area contributed by atoms with E-state index in [0.29, 0.717) is 11.8 Å². The van der Waals surface area contributed by atoms with E-state index in [-0.39, 0.29) is 0 Å². The van der Waals surface area contributed by atoms with Gasteiger partial charge in [0, 0.05) is 38.1 Å². The van der Waals surface area contributed by atoms with Gasteiger partial charge in [0.25, 0.3) is 0 Å². The fourth-order valence-corrected chi connectivity index (χ4v) is 4.75. The van der Waals surface area contributed by atoms with Gasteiger partial charge in [0.2, 0.25) is 0 Å². The monoisotopic (exact) mass is 355 g/mol. The van der Waals surface area contributed by atoms with Crippen molar-refractivity contribution in [2.24, 2.45) is 0 Å². The Hall–Kier alpha value is -0.350. The first-order valence-corrected chi connectivity index (χ1v) is 8.50. The zero-order valence-corrected chi connectivity index (χ0v) is 13.6. The Morgan fingerprint density at radius 2 is 2.11 bits per heavy atom. The number of benzene rings is 1. The summed E-state index contributed by atoms with van der Waals surface area (Å²) in [4.78, 5) is 1.46. The summed E-state index contributed by atoms with van der Waals surface area (Å²) in [5.41, 5.74) is 1.27. The van der Waals surface area contributed by atoms with Gasteiger partial charge in [-0.15, -0.1) is 11.3 Å². The van der Waals surface area contributed by atoms with Gasteiger partial charge in [-0.2, -0.15) is 0 Å². The second kappa shape index (κ2) is 5.96. The molecule has 19 heavy (non-hydrogen) atoms. The van der Waals surface area contributed by atoms with Crippen molar-refractivity contribution in [1.82, 2.24) is 5.32 Å². The number of hydrogen-bond donors (Lipinski definition) is 1. The van der Waals surface area contributed by atoms with Gasteiger partial charge in [0.05, 0.1) is 0 Å².